The second kappa shape index (κ2) is 3.85. The minimum atomic E-state index is 0.544. The normalized spacial score (nSPS) is 10.8. The molecule has 2 aromatic heterocycles. The average molecular weight is 202 g/mol. The van der Waals surface area contributed by atoms with Crippen LogP contribution in [0.4, 0.5) is 0 Å². The van der Waals surface area contributed by atoms with Crippen LogP contribution in [0.25, 0.3) is 5.52 Å². The Labute approximate surface area is 88.8 Å². The topological polar surface area (TPSA) is 34.4 Å². The van der Waals surface area contributed by atoms with Gasteiger partial charge in [0.1, 0.15) is 11.5 Å². The van der Waals surface area contributed by atoms with Gasteiger partial charge < -0.3 is 4.40 Å². The third-order valence-electron chi connectivity index (χ3n) is 2.49. The first kappa shape index (κ1) is 9.90. The highest BCUT2D eigenvalue weighted by Crippen LogP contribution is 2.14. The molecule has 0 aliphatic carbocycles. The van der Waals surface area contributed by atoms with Gasteiger partial charge in [-0.1, -0.05) is 6.92 Å². The van der Waals surface area contributed by atoms with Gasteiger partial charge in [-0.15, -0.1) is 0 Å². The zero-order chi connectivity index (χ0) is 10.8. The number of hydrogen-bond donors (Lipinski definition) is 0. The molecule has 0 bridgehead atoms. The molecule has 0 aromatic carbocycles. The Morgan fingerprint density at radius 3 is 3.00 bits per heavy atom. The molecule has 0 saturated carbocycles. The molecule has 2 heterocycles. The summed E-state index contributed by atoms with van der Waals surface area (Å²) in [5.74, 6) is 0.967. The Bertz CT molecular complexity index is 500. The minimum Gasteiger partial charge on any atom is -0.303 e. The van der Waals surface area contributed by atoms with Crippen molar-refractivity contribution in [2.75, 3.05) is 0 Å². The standard InChI is InChI=1S/C12H14N2O/c1-3-4-12-13-10(8-15)11-7-9(2)5-6-14(11)12/h5-8H,3-4H2,1-2H3. The summed E-state index contributed by atoms with van der Waals surface area (Å²) in [7, 11) is 0. The molecule has 0 amide bonds. The summed E-state index contributed by atoms with van der Waals surface area (Å²) in [6.07, 6.45) is 4.74. The van der Waals surface area contributed by atoms with E-state index < -0.39 is 0 Å². The van der Waals surface area contributed by atoms with Crippen LogP contribution in [0, 0.1) is 6.92 Å². The number of aromatic nitrogens is 2. The number of imidazole rings is 1. The van der Waals surface area contributed by atoms with E-state index in [1.807, 2.05) is 29.7 Å². The van der Waals surface area contributed by atoms with Crippen molar-refractivity contribution in [3.8, 4) is 0 Å². The fraction of sp³-hybridized carbons (Fsp3) is 0.333. The predicted octanol–water partition coefficient (Wildman–Crippen LogP) is 2.41. The highest BCUT2D eigenvalue weighted by atomic mass is 16.1. The van der Waals surface area contributed by atoms with Gasteiger partial charge in [-0.05, 0) is 31.0 Å². The fourth-order valence-corrected chi connectivity index (χ4v) is 1.77. The van der Waals surface area contributed by atoms with Crippen LogP contribution >= 0.6 is 0 Å². The molecular formula is C12H14N2O. The van der Waals surface area contributed by atoms with Gasteiger partial charge in [-0.2, -0.15) is 0 Å². The zero-order valence-corrected chi connectivity index (χ0v) is 9.03. The lowest BCUT2D eigenvalue weighted by Gasteiger charge is -1.99. The Morgan fingerprint density at radius 1 is 1.53 bits per heavy atom. The highest BCUT2D eigenvalue weighted by Gasteiger charge is 2.09. The molecule has 0 N–H and O–H groups in total. The molecule has 0 fully saturated rings. The smallest absolute Gasteiger partial charge is 0.170 e. The maximum Gasteiger partial charge on any atom is 0.170 e. The predicted molar refractivity (Wildman–Crippen MR) is 59.3 cm³/mol. The maximum absolute atomic E-state index is 10.9. The van der Waals surface area contributed by atoms with Crippen LogP contribution in [0.15, 0.2) is 18.3 Å². The summed E-state index contributed by atoms with van der Waals surface area (Å²) in [4.78, 5) is 15.2. The van der Waals surface area contributed by atoms with Gasteiger partial charge in [-0.3, -0.25) is 4.79 Å². The van der Waals surface area contributed by atoms with Crippen molar-refractivity contribution in [2.45, 2.75) is 26.7 Å². The van der Waals surface area contributed by atoms with E-state index in [-0.39, 0.29) is 0 Å². The first-order valence-corrected chi connectivity index (χ1v) is 5.19. The number of fused-ring (bicyclic) bond motifs is 1. The summed E-state index contributed by atoms with van der Waals surface area (Å²) >= 11 is 0. The summed E-state index contributed by atoms with van der Waals surface area (Å²) in [6.45, 7) is 4.12. The summed E-state index contributed by atoms with van der Waals surface area (Å²) in [5.41, 5.74) is 2.60. The second-order valence-corrected chi connectivity index (χ2v) is 3.74. The van der Waals surface area contributed by atoms with E-state index in [4.69, 9.17) is 0 Å². The Balaban J connectivity index is 2.69. The fourth-order valence-electron chi connectivity index (χ4n) is 1.77. The van der Waals surface area contributed by atoms with Crippen LogP contribution in [0.2, 0.25) is 0 Å². The molecule has 0 saturated heterocycles. The van der Waals surface area contributed by atoms with Crippen molar-refractivity contribution >= 4 is 11.8 Å². The molecule has 2 rings (SSSR count). The molecule has 0 spiro atoms. The van der Waals surface area contributed by atoms with E-state index >= 15 is 0 Å². The first-order valence-electron chi connectivity index (χ1n) is 5.19. The number of carbonyl (C=O) groups excluding carboxylic acids is 1. The molecule has 15 heavy (non-hydrogen) atoms. The van der Waals surface area contributed by atoms with Crippen molar-refractivity contribution in [1.82, 2.24) is 9.38 Å². The van der Waals surface area contributed by atoms with Crippen LogP contribution in [-0.2, 0) is 6.42 Å². The third-order valence-corrected chi connectivity index (χ3v) is 2.49. The second-order valence-electron chi connectivity index (χ2n) is 3.74. The molecule has 3 nitrogen and oxygen atoms in total. The lowest BCUT2D eigenvalue weighted by Crippen LogP contribution is -1.93. The van der Waals surface area contributed by atoms with E-state index in [1.54, 1.807) is 0 Å². The summed E-state index contributed by atoms with van der Waals surface area (Å²) < 4.78 is 2.00. The van der Waals surface area contributed by atoms with Gasteiger partial charge in [-0.25, -0.2) is 4.98 Å². The van der Waals surface area contributed by atoms with Crippen molar-refractivity contribution in [1.29, 1.82) is 0 Å². The molecule has 0 aliphatic heterocycles. The van der Waals surface area contributed by atoms with Gasteiger partial charge in [0.25, 0.3) is 0 Å². The lowest BCUT2D eigenvalue weighted by molar-refractivity contribution is 0.112. The number of aryl methyl sites for hydroxylation is 2. The van der Waals surface area contributed by atoms with Crippen LogP contribution < -0.4 is 0 Å². The molecule has 0 unspecified atom stereocenters. The van der Waals surface area contributed by atoms with Crippen molar-refractivity contribution in [2.24, 2.45) is 0 Å². The summed E-state index contributed by atoms with van der Waals surface area (Å²) in [6, 6.07) is 4.03. The van der Waals surface area contributed by atoms with E-state index in [0.29, 0.717) is 5.69 Å². The van der Waals surface area contributed by atoms with Gasteiger partial charge in [0.2, 0.25) is 0 Å². The van der Waals surface area contributed by atoms with Crippen molar-refractivity contribution in [3.63, 3.8) is 0 Å². The Kier molecular flexibility index (Phi) is 2.54. The van der Waals surface area contributed by atoms with Crippen LogP contribution in [0.1, 0.15) is 35.2 Å². The third kappa shape index (κ3) is 1.65. The Morgan fingerprint density at radius 2 is 2.33 bits per heavy atom. The molecular weight excluding hydrogens is 188 g/mol. The number of carbonyl (C=O) groups is 1. The quantitative estimate of drug-likeness (QED) is 0.716. The van der Waals surface area contributed by atoms with Crippen molar-refractivity contribution in [3.05, 3.63) is 35.4 Å². The minimum absolute atomic E-state index is 0.544. The summed E-state index contributed by atoms with van der Waals surface area (Å²) in [5, 5.41) is 0. The average Bonchev–Trinajstić information content (AvgIpc) is 2.56. The Hall–Kier alpha value is -1.64. The van der Waals surface area contributed by atoms with E-state index in [2.05, 4.69) is 11.9 Å². The number of aldehydes is 1. The molecule has 2 aromatic rings. The van der Waals surface area contributed by atoms with E-state index in [9.17, 15) is 4.79 Å². The largest absolute Gasteiger partial charge is 0.303 e. The van der Waals surface area contributed by atoms with Gasteiger partial charge in [0.15, 0.2) is 6.29 Å². The highest BCUT2D eigenvalue weighted by molar-refractivity contribution is 5.84. The molecule has 0 aliphatic rings. The SMILES string of the molecule is CCCc1nc(C=O)c2cc(C)ccn12. The van der Waals surface area contributed by atoms with Crippen LogP contribution in [-0.4, -0.2) is 15.7 Å². The van der Waals surface area contributed by atoms with Gasteiger partial charge in [0, 0.05) is 12.6 Å². The van der Waals surface area contributed by atoms with Crippen LogP contribution in [0.3, 0.4) is 0 Å². The lowest BCUT2D eigenvalue weighted by atomic mass is 10.2. The maximum atomic E-state index is 10.9. The molecule has 0 radical (unpaired) electrons. The number of nitrogens with zero attached hydrogens (tertiary/aromatic N) is 2. The van der Waals surface area contributed by atoms with Crippen LogP contribution in [0.5, 0.6) is 0 Å². The van der Waals surface area contributed by atoms with Gasteiger partial charge in [0.05, 0.1) is 5.52 Å². The molecule has 0 atom stereocenters. The molecule has 78 valence electrons. The zero-order valence-electron chi connectivity index (χ0n) is 9.03. The van der Waals surface area contributed by atoms with Gasteiger partial charge >= 0.3 is 0 Å². The first-order chi connectivity index (χ1) is 7.26. The molecule has 3 heteroatoms. The number of hydrogen-bond acceptors (Lipinski definition) is 2. The van der Waals surface area contributed by atoms with E-state index in [0.717, 1.165) is 36.0 Å². The number of rotatable bonds is 3. The number of pyridine rings is 1. The van der Waals surface area contributed by atoms with Crippen molar-refractivity contribution < 1.29 is 4.79 Å². The van der Waals surface area contributed by atoms with E-state index in [1.165, 1.54) is 0 Å². The monoisotopic (exact) mass is 202 g/mol.